The molecule has 98 valence electrons. The van der Waals surface area contributed by atoms with Crippen LogP contribution in [0.15, 0.2) is 10.8 Å². The van der Waals surface area contributed by atoms with Gasteiger partial charge in [-0.05, 0) is 25.1 Å². The van der Waals surface area contributed by atoms with Crippen molar-refractivity contribution in [3.63, 3.8) is 0 Å². The van der Waals surface area contributed by atoms with Gasteiger partial charge in [0.05, 0.1) is 6.10 Å². The number of hydrogen-bond acceptors (Lipinski definition) is 5. The van der Waals surface area contributed by atoms with Crippen molar-refractivity contribution < 1.29 is 8.84 Å². The first-order valence-electron chi connectivity index (χ1n) is 5.84. The highest BCUT2D eigenvalue weighted by molar-refractivity contribution is 6.74. The molecular weight excluding hydrogens is 234 g/mol. The second-order valence-corrected chi connectivity index (χ2v) is 10.6. The molecule has 0 aliphatic rings. The van der Waals surface area contributed by atoms with Crippen LogP contribution in [0.3, 0.4) is 0 Å². The summed E-state index contributed by atoms with van der Waals surface area (Å²) in [5.74, 6) is 0.427. The molecule has 1 aromatic rings. The summed E-state index contributed by atoms with van der Waals surface area (Å²) in [4.78, 5) is 0. The summed E-state index contributed by atoms with van der Waals surface area (Å²) in [5, 5.41) is 7.62. The molecule has 0 saturated heterocycles. The highest BCUT2D eigenvalue weighted by Crippen LogP contribution is 2.38. The molecule has 0 aromatic carbocycles. The fraction of sp³-hybridized carbons (Fsp3) is 0.818. The van der Waals surface area contributed by atoms with Gasteiger partial charge >= 0.3 is 0 Å². The number of rotatable bonds is 4. The van der Waals surface area contributed by atoms with E-state index in [2.05, 4.69) is 44.1 Å². The van der Waals surface area contributed by atoms with Crippen molar-refractivity contribution in [3.8, 4) is 0 Å². The second kappa shape index (κ2) is 4.87. The Labute approximate surface area is 104 Å². The Morgan fingerprint density at radius 2 is 2.00 bits per heavy atom. The lowest BCUT2D eigenvalue weighted by Crippen LogP contribution is -2.45. The fourth-order valence-corrected chi connectivity index (χ4v) is 2.67. The fourth-order valence-electron chi connectivity index (χ4n) is 1.24. The van der Waals surface area contributed by atoms with E-state index in [0.29, 0.717) is 5.89 Å². The average molecular weight is 257 g/mol. The van der Waals surface area contributed by atoms with Crippen molar-refractivity contribution in [2.24, 2.45) is 5.73 Å². The van der Waals surface area contributed by atoms with E-state index in [0.717, 1.165) is 0 Å². The third kappa shape index (κ3) is 3.37. The highest BCUT2D eigenvalue weighted by atomic mass is 28.4. The van der Waals surface area contributed by atoms with Gasteiger partial charge in [-0.25, -0.2) is 0 Å². The zero-order chi connectivity index (χ0) is 13.3. The summed E-state index contributed by atoms with van der Waals surface area (Å²) in [7, 11) is -1.81. The lowest BCUT2D eigenvalue weighted by molar-refractivity contribution is 0.157. The Kier molecular flexibility index (Phi) is 4.11. The molecule has 0 fully saturated rings. The van der Waals surface area contributed by atoms with Gasteiger partial charge in [0, 0.05) is 0 Å². The molecule has 0 aliphatic carbocycles. The third-order valence-corrected chi connectivity index (χ3v) is 8.03. The molecule has 0 radical (unpaired) electrons. The predicted octanol–water partition coefficient (Wildman–Crippen LogP) is 2.48. The van der Waals surface area contributed by atoms with Crippen molar-refractivity contribution in [2.75, 3.05) is 0 Å². The molecule has 0 unspecified atom stereocenters. The highest BCUT2D eigenvalue weighted by Gasteiger charge is 2.39. The largest absolute Gasteiger partial charge is 0.426 e. The monoisotopic (exact) mass is 257 g/mol. The summed E-state index contributed by atoms with van der Waals surface area (Å²) in [6.07, 6.45) is 1.16. The van der Waals surface area contributed by atoms with E-state index >= 15 is 0 Å². The van der Waals surface area contributed by atoms with Gasteiger partial charge in [0.1, 0.15) is 6.04 Å². The SMILES string of the molecule is C[C@@H](O[Si](C)(C)C(C)(C)C)[C@H](N)c1nnco1. The Morgan fingerprint density at radius 1 is 1.41 bits per heavy atom. The van der Waals surface area contributed by atoms with Crippen molar-refractivity contribution in [1.29, 1.82) is 0 Å². The van der Waals surface area contributed by atoms with Crippen LogP contribution in [0.25, 0.3) is 0 Å². The number of nitrogens with zero attached hydrogens (tertiary/aromatic N) is 2. The summed E-state index contributed by atoms with van der Waals surface area (Å²) in [5.41, 5.74) is 6.03. The van der Waals surface area contributed by atoms with Crippen LogP contribution in [0, 0.1) is 0 Å². The third-order valence-electron chi connectivity index (χ3n) is 3.45. The van der Waals surface area contributed by atoms with Crippen LogP contribution >= 0.6 is 0 Å². The van der Waals surface area contributed by atoms with Crippen molar-refractivity contribution in [2.45, 2.75) is 58.0 Å². The van der Waals surface area contributed by atoms with Crippen LogP contribution in [0.1, 0.15) is 39.6 Å². The molecule has 5 nitrogen and oxygen atoms in total. The van der Waals surface area contributed by atoms with Gasteiger partial charge < -0.3 is 14.6 Å². The topological polar surface area (TPSA) is 74.2 Å². The minimum Gasteiger partial charge on any atom is -0.426 e. The zero-order valence-electron chi connectivity index (χ0n) is 11.5. The molecule has 1 heterocycles. The molecule has 2 N–H and O–H groups in total. The average Bonchev–Trinajstić information content (AvgIpc) is 2.66. The van der Waals surface area contributed by atoms with Crippen LogP contribution < -0.4 is 5.73 Å². The quantitative estimate of drug-likeness (QED) is 0.839. The number of hydrogen-bond donors (Lipinski definition) is 1. The number of aromatic nitrogens is 2. The van der Waals surface area contributed by atoms with Crippen molar-refractivity contribution in [1.82, 2.24) is 10.2 Å². The summed E-state index contributed by atoms with van der Waals surface area (Å²) < 4.78 is 11.3. The molecule has 0 spiro atoms. The lowest BCUT2D eigenvalue weighted by atomic mass is 10.2. The zero-order valence-corrected chi connectivity index (χ0v) is 12.5. The van der Waals surface area contributed by atoms with E-state index in [1.165, 1.54) is 6.39 Å². The molecule has 0 bridgehead atoms. The Balaban J connectivity index is 2.70. The second-order valence-electron chi connectivity index (χ2n) is 5.89. The first-order chi connectivity index (χ1) is 7.65. The first kappa shape index (κ1) is 14.3. The Bertz CT molecular complexity index is 346. The summed E-state index contributed by atoms with van der Waals surface area (Å²) >= 11 is 0. The van der Waals surface area contributed by atoms with Crippen LogP contribution in [0.5, 0.6) is 0 Å². The molecule has 6 heteroatoms. The van der Waals surface area contributed by atoms with Crippen molar-refractivity contribution >= 4 is 8.32 Å². The molecule has 1 rings (SSSR count). The van der Waals surface area contributed by atoms with Gasteiger partial charge in [0.15, 0.2) is 8.32 Å². The summed E-state index contributed by atoms with van der Waals surface area (Å²) in [6.45, 7) is 12.9. The van der Waals surface area contributed by atoms with Crippen LogP contribution in [-0.2, 0) is 4.43 Å². The molecule has 0 aliphatic heterocycles. The van der Waals surface area contributed by atoms with E-state index in [4.69, 9.17) is 14.6 Å². The van der Waals surface area contributed by atoms with Crippen LogP contribution in [0.2, 0.25) is 18.1 Å². The molecule has 1 aromatic heterocycles. The maximum absolute atomic E-state index is 6.17. The minimum absolute atomic E-state index is 0.128. The maximum Gasteiger partial charge on any atom is 0.235 e. The first-order valence-corrected chi connectivity index (χ1v) is 8.75. The summed E-state index contributed by atoms with van der Waals surface area (Å²) in [6, 6.07) is -0.369. The van der Waals surface area contributed by atoms with E-state index in [1.807, 2.05) is 6.92 Å². The molecular formula is C11H23N3O2Si. The van der Waals surface area contributed by atoms with Gasteiger partial charge in [0.2, 0.25) is 12.3 Å². The number of nitrogens with two attached hydrogens (primary N) is 1. The van der Waals surface area contributed by atoms with E-state index in [1.54, 1.807) is 0 Å². The Morgan fingerprint density at radius 3 is 2.41 bits per heavy atom. The minimum atomic E-state index is -1.81. The normalized spacial score (nSPS) is 16.9. The van der Waals surface area contributed by atoms with Gasteiger partial charge in [-0.15, -0.1) is 10.2 Å². The van der Waals surface area contributed by atoms with E-state index in [9.17, 15) is 0 Å². The van der Waals surface area contributed by atoms with Gasteiger partial charge in [-0.3, -0.25) is 0 Å². The molecule has 0 amide bonds. The molecule has 0 saturated carbocycles. The smallest absolute Gasteiger partial charge is 0.235 e. The lowest BCUT2D eigenvalue weighted by Gasteiger charge is -2.39. The molecule has 17 heavy (non-hydrogen) atoms. The van der Waals surface area contributed by atoms with Gasteiger partial charge in [-0.2, -0.15) is 0 Å². The van der Waals surface area contributed by atoms with Gasteiger partial charge in [-0.1, -0.05) is 20.8 Å². The van der Waals surface area contributed by atoms with E-state index in [-0.39, 0.29) is 17.2 Å². The Hall–Kier alpha value is -0.723. The van der Waals surface area contributed by atoms with Crippen molar-refractivity contribution in [3.05, 3.63) is 12.3 Å². The van der Waals surface area contributed by atoms with E-state index < -0.39 is 8.32 Å². The van der Waals surface area contributed by atoms with Crippen LogP contribution in [-0.4, -0.2) is 24.6 Å². The van der Waals surface area contributed by atoms with Gasteiger partial charge in [0.25, 0.3) is 0 Å². The predicted molar refractivity (Wildman–Crippen MR) is 69.0 cm³/mol. The molecule has 2 atom stereocenters. The van der Waals surface area contributed by atoms with Crippen LogP contribution in [0.4, 0.5) is 0 Å². The maximum atomic E-state index is 6.17. The standard InChI is InChI=1S/C11H23N3O2Si/c1-8(9(12)10-14-13-7-15-10)16-17(5,6)11(2,3)4/h7-9H,12H2,1-6H3/t8-,9+/m1/s1.